The minimum Gasteiger partial charge on any atom is -0.395 e. The zero-order chi connectivity index (χ0) is 20.1. The molecule has 8 heteroatoms. The van der Waals surface area contributed by atoms with E-state index >= 15 is 0 Å². The molecule has 1 aliphatic carbocycles. The number of rotatable bonds is 7. The highest BCUT2D eigenvalue weighted by atomic mass is 16.7. The van der Waals surface area contributed by atoms with Gasteiger partial charge in [-0.1, -0.05) is 30.3 Å². The maximum absolute atomic E-state index is 13.1. The number of carbonyl (C=O) groups is 2. The average molecular weight is 390 g/mol. The Morgan fingerprint density at radius 2 is 2.04 bits per heavy atom. The van der Waals surface area contributed by atoms with Crippen LogP contribution in [0.1, 0.15) is 12.0 Å². The lowest BCUT2D eigenvalue weighted by atomic mass is 9.91. The molecule has 1 heterocycles. The topological polar surface area (TPSA) is 108 Å². The van der Waals surface area contributed by atoms with Gasteiger partial charge in [0.25, 0.3) is 0 Å². The van der Waals surface area contributed by atoms with Crippen LogP contribution in [0.15, 0.2) is 42.0 Å². The number of hydrogen-bond donors (Lipinski definition) is 3. The first kappa shape index (κ1) is 20.5. The number of aliphatic hydroxyl groups excluding tert-OH is 2. The third-order valence-corrected chi connectivity index (χ3v) is 5.07. The molecule has 152 valence electrons. The van der Waals surface area contributed by atoms with Crippen molar-refractivity contribution in [2.24, 2.45) is 0 Å². The molecule has 2 amide bonds. The first-order chi connectivity index (χ1) is 13.5. The third-order valence-electron chi connectivity index (χ3n) is 5.07. The zero-order valence-corrected chi connectivity index (χ0v) is 15.8. The van der Waals surface area contributed by atoms with Gasteiger partial charge in [-0.15, -0.1) is 0 Å². The van der Waals surface area contributed by atoms with Crippen LogP contribution in [-0.4, -0.2) is 78.3 Å². The van der Waals surface area contributed by atoms with Crippen LogP contribution in [-0.2, 0) is 25.5 Å². The number of amides is 2. The summed E-state index contributed by atoms with van der Waals surface area (Å²) in [6.07, 6.45) is 0.391. The number of nitrogens with zero attached hydrogens (tertiary/aromatic N) is 1. The highest BCUT2D eigenvalue weighted by Crippen LogP contribution is 2.29. The van der Waals surface area contributed by atoms with Crippen molar-refractivity contribution < 1.29 is 29.3 Å². The van der Waals surface area contributed by atoms with E-state index < -0.39 is 24.4 Å². The molecule has 0 spiro atoms. The van der Waals surface area contributed by atoms with E-state index in [9.17, 15) is 14.7 Å². The molecule has 0 radical (unpaired) electrons. The highest BCUT2D eigenvalue weighted by molar-refractivity contribution is 5.97. The van der Waals surface area contributed by atoms with Crippen molar-refractivity contribution in [3.8, 4) is 0 Å². The smallest absolute Gasteiger partial charge is 0.250 e. The van der Waals surface area contributed by atoms with Crippen LogP contribution >= 0.6 is 0 Å². The van der Waals surface area contributed by atoms with Crippen molar-refractivity contribution in [2.75, 3.05) is 27.0 Å². The fraction of sp³-hybridized carbons (Fsp3) is 0.500. The molecule has 3 N–H and O–H groups in total. The summed E-state index contributed by atoms with van der Waals surface area (Å²) in [5.41, 5.74) is 1.31. The molecule has 1 saturated heterocycles. The number of aliphatic hydroxyl groups is 2. The van der Waals surface area contributed by atoms with Crippen molar-refractivity contribution in [1.82, 2.24) is 10.2 Å². The van der Waals surface area contributed by atoms with Gasteiger partial charge in [-0.05, 0) is 11.6 Å². The molecule has 2 aliphatic rings. The predicted octanol–water partition coefficient (Wildman–Crippen LogP) is -0.403. The van der Waals surface area contributed by atoms with Crippen LogP contribution < -0.4 is 5.32 Å². The maximum Gasteiger partial charge on any atom is 0.250 e. The Morgan fingerprint density at radius 3 is 2.75 bits per heavy atom. The first-order valence-corrected chi connectivity index (χ1v) is 9.33. The molecule has 8 nitrogen and oxygen atoms in total. The fourth-order valence-electron chi connectivity index (χ4n) is 3.53. The lowest BCUT2D eigenvalue weighted by molar-refractivity contribution is -0.136. The van der Waals surface area contributed by atoms with E-state index in [1.54, 1.807) is 13.1 Å². The second kappa shape index (κ2) is 9.29. The van der Waals surface area contributed by atoms with Crippen molar-refractivity contribution in [3.63, 3.8) is 0 Å². The molecular formula is C20H26N2O6. The molecule has 28 heavy (non-hydrogen) atoms. The SMILES string of the molecule is CN(C(=O)C1=CC2OCOC2C(O)C1)C(Cc1ccccc1)C(=O)NCCO. The summed E-state index contributed by atoms with van der Waals surface area (Å²) in [4.78, 5) is 27.1. The van der Waals surface area contributed by atoms with Gasteiger partial charge in [0.2, 0.25) is 11.8 Å². The number of likely N-dealkylation sites (N-methyl/N-ethyl adjacent to an activating group) is 1. The Bertz CT molecular complexity index is 723. The van der Waals surface area contributed by atoms with E-state index in [-0.39, 0.29) is 38.2 Å². The van der Waals surface area contributed by atoms with Crippen molar-refractivity contribution in [2.45, 2.75) is 37.2 Å². The quantitative estimate of drug-likeness (QED) is 0.585. The van der Waals surface area contributed by atoms with E-state index in [2.05, 4.69) is 5.32 Å². The minimum atomic E-state index is -0.833. The molecule has 3 rings (SSSR count). The van der Waals surface area contributed by atoms with Gasteiger partial charge in [-0.2, -0.15) is 0 Å². The number of ether oxygens (including phenoxy) is 2. The summed E-state index contributed by atoms with van der Waals surface area (Å²) in [6, 6.07) is 8.66. The molecule has 4 unspecified atom stereocenters. The largest absolute Gasteiger partial charge is 0.395 e. The van der Waals surface area contributed by atoms with E-state index in [0.29, 0.717) is 12.0 Å². The molecule has 1 aliphatic heterocycles. The second-order valence-corrected chi connectivity index (χ2v) is 6.98. The Labute approximate surface area is 163 Å². The van der Waals surface area contributed by atoms with Crippen LogP contribution in [0.25, 0.3) is 0 Å². The Balaban J connectivity index is 1.78. The van der Waals surface area contributed by atoms with E-state index in [1.807, 2.05) is 30.3 Å². The van der Waals surface area contributed by atoms with Crippen LogP contribution in [0.4, 0.5) is 0 Å². The molecule has 1 fully saturated rings. The number of hydrogen-bond acceptors (Lipinski definition) is 6. The standard InChI is InChI=1S/C20H26N2O6/c1-22(20(26)14-10-16(24)18-17(11-14)27-12-28-18)15(19(25)21-7-8-23)9-13-5-3-2-4-6-13/h2-6,11,15-18,23-24H,7-10,12H2,1H3,(H,21,25). The maximum atomic E-state index is 13.1. The number of fused-ring (bicyclic) bond motifs is 1. The number of nitrogens with one attached hydrogen (secondary N) is 1. The first-order valence-electron chi connectivity index (χ1n) is 9.33. The van der Waals surface area contributed by atoms with E-state index in [1.165, 1.54) is 4.90 Å². The lowest BCUT2D eigenvalue weighted by Crippen LogP contribution is -2.51. The Kier molecular flexibility index (Phi) is 6.79. The molecule has 4 atom stereocenters. The van der Waals surface area contributed by atoms with Gasteiger partial charge in [0, 0.05) is 32.0 Å². The van der Waals surface area contributed by atoms with E-state index in [4.69, 9.17) is 14.6 Å². The monoisotopic (exact) mass is 390 g/mol. The van der Waals surface area contributed by atoms with Crippen LogP contribution in [0, 0.1) is 0 Å². The summed E-state index contributed by atoms with van der Waals surface area (Å²) < 4.78 is 10.7. The van der Waals surface area contributed by atoms with Gasteiger partial charge in [-0.25, -0.2) is 0 Å². The van der Waals surface area contributed by atoms with Gasteiger partial charge in [0.15, 0.2) is 0 Å². The molecule has 0 bridgehead atoms. The second-order valence-electron chi connectivity index (χ2n) is 6.98. The molecular weight excluding hydrogens is 364 g/mol. The van der Waals surface area contributed by atoms with Crippen molar-refractivity contribution in [1.29, 1.82) is 0 Å². The molecule has 1 aromatic carbocycles. The minimum absolute atomic E-state index is 0.0837. The van der Waals surface area contributed by atoms with Crippen molar-refractivity contribution in [3.05, 3.63) is 47.5 Å². The number of benzene rings is 1. The molecule has 1 aromatic rings. The van der Waals surface area contributed by atoms with Gasteiger partial charge in [0.1, 0.15) is 25.0 Å². The van der Waals surface area contributed by atoms with Gasteiger partial charge in [-0.3, -0.25) is 9.59 Å². The Hall–Kier alpha value is -2.26. The lowest BCUT2D eigenvalue weighted by Gasteiger charge is -2.32. The van der Waals surface area contributed by atoms with Crippen molar-refractivity contribution >= 4 is 11.8 Å². The Morgan fingerprint density at radius 1 is 1.29 bits per heavy atom. The fourth-order valence-corrected chi connectivity index (χ4v) is 3.53. The van der Waals surface area contributed by atoms with Crippen LogP contribution in [0.5, 0.6) is 0 Å². The summed E-state index contributed by atoms with van der Waals surface area (Å²) >= 11 is 0. The number of carbonyl (C=O) groups excluding carboxylic acids is 2. The van der Waals surface area contributed by atoms with Crippen LogP contribution in [0.3, 0.4) is 0 Å². The van der Waals surface area contributed by atoms with Gasteiger partial charge in [0.05, 0.1) is 12.7 Å². The van der Waals surface area contributed by atoms with Crippen LogP contribution in [0.2, 0.25) is 0 Å². The highest BCUT2D eigenvalue weighted by Gasteiger charge is 2.40. The summed E-state index contributed by atoms with van der Waals surface area (Å²) in [5, 5.41) is 21.9. The predicted molar refractivity (Wildman–Crippen MR) is 100 cm³/mol. The average Bonchev–Trinajstić information content (AvgIpc) is 3.19. The van der Waals surface area contributed by atoms with Gasteiger partial charge < -0.3 is 29.9 Å². The summed E-state index contributed by atoms with van der Waals surface area (Å²) in [6.45, 7) is 0.0160. The summed E-state index contributed by atoms with van der Waals surface area (Å²) in [7, 11) is 1.57. The molecule has 0 aromatic heterocycles. The summed E-state index contributed by atoms with van der Waals surface area (Å²) in [5.74, 6) is -0.683. The third kappa shape index (κ3) is 4.59. The van der Waals surface area contributed by atoms with E-state index in [0.717, 1.165) is 5.56 Å². The van der Waals surface area contributed by atoms with Gasteiger partial charge >= 0.3 is 0 Å². The molecule has 0 saturated carbocycles. The zero-order valence-electron chi connectivity index (χ0n) is 15.8. The normalized spacial score (nSPS) is 24.8.